The van der Waals surface area contributed by atoms with Crippen molar-refractivity contribution in [1.29, 1.82) is 0 Å². The van der Waals surface area contributed by atoms with Crippen LogP contribution in [-0.2, 0) is 4.79 Å². The molecule has 0 aromatic carbocycles. The summed E-state index contributed by atoms with van der Waals surface area (Å²) in [4.78, 5) is 17.2. The molecule has 118 valence electrons. The predicted octanol–water partition coefficient (Wildman–Crippen LogP) is 4.63. The number of carbonyl (C=O) groups excluding carboxylic acids is 1. The molecule has 4 saturated carbocycles. The fourth-order valence-corrected chi connectivity index (χ4v) is 7.34. The van der Waals surface area contributed by atoms with Crippen molar-refractivity contribution in [2.45, 2.75) is 57.4 Å². The maximum Gasteiger partial charge on any atom is 0.229 e. The van der Waals surface area contributed by atoms with Crippen molar-refractivity contribution in [3.63, 3.8) is 0 Å². The van der Waals surface area contributed by atoms with Crippen molar-refractivity contribution >= 4 is 17.2 Å². The van der Waals surface area contributed by atoms with Gasteiger partial charge in [0.15, 0.2) is 0 Å². The molecule has 6 rings (SSSR count). The van der Waals surface area contributed by atoms with Gasteiger partial charge < -0.3 is 4.90 Å². The zero-order valence-electron chi connectivity index (χ0n) is 13.2. The molecule has 1 unspecified atom stereocenters. The van der Waals surface area contributed by atoms with Crippen molar-refractivity contribution in [2.75, 3.05) is 6.54 Å². The van der Waals surface area contributed by atoms with Gasteiger partial charge in [0, 0.05) is 11.4 Å². The first-order valence-corrected chi connectivity index (χ1v) is 9.96. The smallest absolute Gasteiger partial charge is 0.229 e. The van der Waals surface area contributed by atoms with Crippen LogP contribution < -0.4 is 0 Å². The van der Waals surface area contributed by atoms with Gasteiger partial charge in [-0.05, 0) is 80.6 Å². The van der Waals surface area contributed by atoms with Gasteiger partial charge in [-0.3, -0.25) is 4.79 Å². The Labute approximate surface area is 136 Å². The molecule has 1 aliphatic heterocycles. The molecule has 0 radical (unpaired) electrons. The minimum atomic E-state index is 0.0363. The zero-order chi connectivity index (χ0) is 14.7. The first-order valence-electron chi connectivity index (χ1n) is 9.08. The Hall–Kier alpha value is -0.830. The van der Waals surface area contributed by atoms with Gasteiger partial charge >= 0.3 is 0 Å². The molecule has 1 aromatic rings. The lowest BCUT2D eigenvalue weighted by Gasteiger charge is -2.56. The fourth-order valence-electron chi connectivity index (χ4n) is 6.46. The molecular formula is C19H25NOS. The van der Waals surface area contributed by atoms with Gasteiger partial charge in [0.25, 0.3) is 0 Å². The van der Waals surface area contributed by atoms with Gasteiger partial charge in [0.2, 0.25) is 5.91 Å². The molecule has 2 nitrogen and oxygen atoms in total. The minimum Gasteiger partial charge on any atom is -0.334 e. The summed E-state index contributed by atoms with van der Waals surface area (Å²) in [6.45, 7) is 0.989. The standard InChI is InChI=1S/C19H25NOS/c21-18(20-5-1-3-16(20)17-4-2-6-22-17)19-10-13-7-14(11-19)9-15(8-13)12-19/h2,4,6,13-16H,1,3,5,7-12H2. The molecule has 1 aromatic heterocycles. The Bertz CT molecular complexity index is 543. The average Bonchev–Trinajstić information content (AvgIpc) is 3.16. The summed E-state index contributed by atoms with van der Waals surface area (Å²) in [6.07, 6.45) is 10.2. The van der Waals surface area contributed by atoms with Crippen molar-refractivity contribution < 1.29 is 4.79 Å². The number of hydrogen-bond donors (Lipinski definition) is 0. The number of nitrogens with zero attached hydrogens (tertiary/aromatic N) is 1. The van der Waals surface area contributed by atoms with Gasteiger partial charge in [-0.15, -0.1) is 11.3 Å². The maximum absolute atomic E-state index is 13.5. The normalized spacial score (nSPS) is 43.0. The summed E-state index contributed by atoms with van der Waals surface area (Å²) in [5, 5.41) is 2.15. The van der Waals surface area contributed by atoms with E-state index in [1.165, 1.54) is 56.2 Å². The van der Waals surface area contributed by atoms with E-state index in [1.54, 1.807) is 0 Å². The molecule has 3 heteroatoms. The second-order valence-corrected chi connectivity index (χ2v) is 9.35. The van der Waals surface area contributed by atoms with E-state index in [-0.39, 0.29) is 5.41 Å². The van der Waals surface area contributed by atoms with E-state index in [9.17, 15) is 4.79 Å². The molecular weight excluding hydrogens is 290 g/mol. The Morgan fingerprint density at radius 2 is 1.82 bits per heavy atom. The molecule has 4 aliphatic carbocycles. The Morgan fingerprint density at radius 3 is 2.41 bits per heavy atom. The number of thiophene rings is 1. The van der Waals surface area contributed by atoms with Gasteiger partial charge in [-0.25, -0.2) is 0 Å². The lowest BCUT2D eigenvalue weighted by Crippen LogP contribution is -2.54. The van der Waals surface area contributed by atoms with Gasteiger partial charge in [-0.1, -0.05) is 6.07 Å². The van der Waals surface area contributed by atoms with Gasteiger partial charge in [0.1, 0.15) is 0 Å². The van der Waals surface area contributed by atoms with E-state index < -0.39 is 0 Å². The molecule has 5 aliphatic rings. The Morgan fingerprint density at radius 1 is 1.14 bits per heavy atom. The first kappa shape index (κ1) is 13.6. The molecule has 1 amide bonds. The number of hydrogen-bond acceptors (Lipinski definition) is 2. The number of likely N-dealkylation sites (tertiary alicyclic amines) is 1. The quantitative estimate of drug-likeness (QED) is 0.779. The van der Waals surface area contributed by atoms with Crippen LogP contribution in [0.1, 0.15) is 62.3 Å². The highest BCUT2D eigenvalue weighted by Gasteiger charge is 2.56. The average molecular weight is 315 g/mol. The molecule has 2 heterocycles. The third-order valence-corrected chi connectivity index (χ3v) is 7.85. The van der Waals surface area contributed by atoms with E-state index in [1.807, 2.05) is 11.3 Å². The van der Waals surface area contributed by atoms with Crippen LogP contribution in [0.3, 0.4) is 0 Å². The molecule has 5 fully saturated rings. The Kier molecular flexibility index (Phi) is 2.99. The molecule has 1 saturated heterocycles. The summed E-state index contributed by atoms with van der Waals surface area (Å²) < 4.78 is 0. The van der Waals surface area contributed by atoms with Crippen LogP contribution in [-0.4, -0.2) is 17.4 Å². The van der Waals surface area contributed by atoms with Crippen LogP contribution in [0.25, 0.3) is 0 Å². The van der Waals surface area contributed by atoms with E-state index >= 15 is 0 Å². The van der Waals surface area contributed by atoms with Crippen LogP contribution >= 0.6 is 11.3 Å². The highest BCUT2D eigenvalue weighted by atomic mass is 32.1. The summed E-state index contributed by atoms with van der Waals surface area (Å²) >= 11 is 1.82. The van der Waals surface area contributed by atoms with Crippen molar-refractivity contribution in [2.24, 2.45) is 23.2 Å². The fraction of sp³-hybridized carbons (Fsp3) is 0.737. The number of rotatable bonds is 2. The van der Waals surface area contributed by atoms with Crippen LogP contribution in [0.4, 0.5) is 0 Å². The topological polar surface area (TPSA) is 20.3 Å². The SMILES string of the molecule is O=C(N1CCCC1c1cccs1)C12CC3CC(CC(C3)C1)C2. The second kappa shape index (κ2) is 4.83. The third kappa shape index (κ3) is 1.94. The van der Waals surface area contributed by atoms with E-state index in [4.69, 9.17) is 0 Å². The zero-order valence-corrected chi connectivity index (χ0v) is 14.0. The summed E-state index contributed by atoms with van der Waals surface area (Å²) in [7, 11) is 0. The molecule has 1 atom stereocenters. The predicted molar refractivity (Wildman–Crippen MR) is 88.6 cm³/mol. The van der Waals surface area contributed by atoms with Crippen LogP contribution in [0.15, 0.2) is 17.5 Å². The number of amides is 1. The molecule has 4 bridgehead atoms. The molecule has 0 N–H and O–H groups in total. The molecule has 0 spiro atoms. The van der Waals surface area contributed by atoms with Crippen LogP contribution in [0.5, 0.6) is 0 Å². The largest absolute Gasteiger partial charge is 0.334 e. The highest BCUT2D eigenvalue weighted by molar-refractivity contribution is 7.10. The number of carbonyl (C=O) groups is 1. The van der Waals surface area contributed by atoms with E-state index in [2.05, 4.69) is 22.4 Å². The van der Waals surface area contributed by atoms with Gasteiger partial charge in [-0.2, -0.15) is 0 Å². The van der Waals surface area contributed by atoms with E-state index in [0.29, 0.717) is 11.9 Å². The van der Waals surface area contributed by atoms with Crippen molar-refractivity contribution in [3.05, 3.63) is 22.4 Å². The Balaban J connectivity index is 1.44. The van der Waals surface area contributed by atoms with Gasteiger partial charge in [0.05, 0.1) is 11.5 Å². The highest BCUT2D eigenvalue weighted by Crippen LogP contribution is 2.61. The van der Waals surface area contributed by atoms with Crippen LogP contribution in [0.2, 0.25) is 0 Å². The van der Waals surface area contributed by atoms with Crippen molar-refractivity contribution in [1.82, 2.24) is 4.90 Å². The van der Waals surface area contributed by atoms with E-state index in [0.717, 1.165) is 24.3 Å². The lowest BCUT2D eigenvalue weighted by atomic mass is 9.49. The monoisotopic (exact) mass is 315 g/mol. The molecule has 22 heavy (non-hydrogen) atoms. The maximum atomic E-state index is 13.5. The third-order valence-electron chi connectivity index (χ3n) is 6.88. The summed E-state index contributed by atoms with van der Waals surface area (Å²) in [5.74, 6) is 3.11. The summed E-state index contributed by atoms with van der Waals surface area (Å²) in [5.41, 5.74) is 0.0363. The summed E-state index contributed by atoms with van der Waals surface area (Å²) in [6, 6.07) is 4.73. The first-order chi connectivity index (χ1) is 10.7. The second-order valence-electron chi connectivity index (χ2n) is 8.37. The minimum absolute atomic E-state index is 0.0363. The van der Waals surface area contributed by atoms with Crippen molar-refractivity contribution in [3.8, 4) is 0 Å². The lowest BCUT2D eigenvalue weighted by molar-refractivity contribution is -0.158. The van der Waals surface area contributed by atoms with Crippen LogP contribution in [0, 0.1) is 23.2 Å².